The summed E-state index contributed by atoms with van der Waals surface area (Å²) in [7, 11) is 0. The molecule has 0 bridgehead atoms. The first-order valence-corrected chi connectivity index (χ1v) is 5.73. The number of non-ortho nitro benzene ring substituents is 1. The summed E-state index contributed by atoms with van der Waals surface area (Å²) in [4.78, 5) is 25.0. The molecule has 19 heavy (non-hydrogen) atoms. The summed E-state index contributed by atoms with van der Waals surface area (Å²) in [6.07, 6.45) is 3.57. The van der Waals surface area contributed by atoms with E-state index >= 15 is 0 Å². The number of nitrogens with zero attached hydrogens (tertiary/aromatic N) is 1. The van der Waals surface area contributed by atoms with Crippen molar-refractivity contribution < 1.29 is 9.72 Å². The average Bonchev–Trinajstić information content (AvgIpc) is 2.88. The minimum atomic E-state index is -0.478. The van der Waals surface area contributed by atoms with E-state index in [4.69, 9.17) is 0 Å². The van der Waals surface area contributed by atoms with Crippen LogP contribution in [0.5, 0.6) is 0 Å². The molecule has 1 amide bonds. The molecular weight excluding hydrogens is 246 g/mol. The van der Waals surface area contributed by atoms with Gasteiger partial charge in [-0.05, 0) is 30.2 Å². The standard InChI is InChI=1S/C13H13N3O3/c1-9-6-11(16(18)19)2-3-12(9)13(17)15-8-10-4-5-14-7-10/h2-7,14H,8H2,1H3,(H,15,17). The number of H-pyrrole nitrogens is 1. The molecule has 2 aromatic rings. The third-order valence-corrected chi connectivity index (χ3v) is 2.78. The molecule has 0 aliphatic carbocycles. The molecule has 0 unspecified atom stereocenters. The molecule has 0 radical (unpaired) electrons. The number of aryl methyl sites for hydroxylation is 1. The number of nitro benzene ring substituents is 1. The van der Waals surface area contributed by atoms with Gasteiger partial charge in [-0.25, -0.2) is 0 Å². The summed E-state index contributed by atoms with van der Waals surface area (Å²) < 4.78 is 0. The summed E-state index contributed by atoms with van der Waals surface area (Å²) in [5.41, 5.74) is 1.98. The smallest absolute Gasteiger partial charge is 0.269 e. The number of carbonyl (C=O) groups excluding carboxylic acids is 1. The van der Waals surface area contributed by atoms with Crippen LogP contribution < -0.4 is 5.32 Å². The molecular formula is C13H13N3O3. The summed E-state index contributed by atoms with van der Waals surface area (Å²) in [5, 5.41) is 13.4. The van der Waals surface area contributed by atoms with Gasteiger partial charge in [0.15, 0.2) is 0 Å². The molecule has 1 aromatic carbocycles. The molecule has 0 spiro atoms. The Morgan fingerprint density at radius 2 is 2.21 bits per heavy atom. The van der Waals surface area contributed by atoms with E-state index < -0.39 is 4.92 Å². The zero-order chi connectivity index (χ0) is 13.8. The molecule has 0 saturated carbocycles. The Balaban J connectivity index is 2.09. The van der Waals surface area contributed by atoms with Gasteiger partial charge in [-0.1, -0.05) is 0 Å². The molecule has 98 valence electrons. The maximum atomic E-state index is 12.0. The first-order valence-electron chi connectivity index (χ1n) is 5.73. The second-order valence-electron chi connectivity index (χ2n) is 4.16. The van der Waals surface area contributed by atoms with Gasteiger partial charge in [0.05, 0.1) is 4.92 Å². The van der Waals surface area contributed by atoms with Gasteiger partial charge >= 0.3 is 0 Å². The van der Waals surface area contributed by atoms with Gasteiger partial charge in [-0.3, -0.25) is 14.9 Å². The van der Waals surface area contributed by atoms with Crippen molar-refractivity contribution in [2.75, 3.05) is 0 Å². The number of rotatable bonds is 4. The zero-order valence-electron chi connectivity index (χ0n) is 10.3. The lowest BCUT2D eigenvalue weighted by molar-refractivity contribution is -0.384. The zero-order valence-corrected chi connectivity index (χ0v) is 10.3. The highest BCUT2D eigenvalue weighted by atomic mass is 16.6. The fourth-order valence-corrected chi connectivity index (χ4v) is 1.76. The monoisotopic (exact) mass is 259 g/mol. The number of nitro groups is 1. The first kappa shape index (κ1) is 12.8. The van der Waals surface area contributed by atoms with Gasteiger partial charge in [-0.2, -0.15) is 0 Å². The SMILES string of the molecule is Cc1cc([N+](=O)[O-])ccc1C(=O)NCc1cc[nH]c1. The molecule has 6 nitrogen and oxygen atoms in total. The predicted octanol–water partition coefficient (Wildman–Crippen LogP) is 2.16. The van der Waals surface area contributed by atoms with Gasteiger partial charge < -0.3 is 10.3 Å². The van der Waals surface area contributed by atoms with Crippen molar-refractivity contribution in [3.63, 3.8) is 0 Å². The number of amides is 1. The molecule has 2 rings (SSSR count). The van der Waals surface area contributed by atoms with Crippen LogP contribution in [0, 0.1) is 17.0 Å². The average molecular weight is 259 g/mol. The van der Waals surface area contributed by atoms with Crippen molar-refractivity contribution in [2.45, 2.75) is 13.5 Å². The van der Waals surface area contributed by atoms with Crippen LogP contribution >= 0.6 is 0 Å². The minimum absolute atomic E-state index is 0.0142. The van der Waals surface area contributed by atoms with Crippen LogP contribution in [0.3, 0.4) is 0 Å². The fourth-order valence-electron chi connectivity index (χ4n) is 1.76. The highest BCUT2D eigenvalue weighted by Crippen LogP contribution is 2.17. The molecule has 0 atom stereocenters. The van der Waals surface area contributed by atoms with Crippen molar-refractivity contribution in [2.24, 2.45) is 0 Å². The fraction of sp³-hybridized carbons (Fsp3) is 0.154. The van der Waals surface area contributed by atoms with Crippen LogP contribution in [0.25, 0.3) is 0 Å². The van der Waals surface area contributed by atoms with Gasteiger partial charge in [-0.15, -0.1) is 0 Å². The van der Waals surface area contributed by atoms with E-state index in [0.717, 1.165) is 5.56 Å². The van der Waals surface area contributed by atoms with Crippen LogP contribution in [0.15, 0.2) is 36.7 Å². The minimum Gasteiger partial charge on any atom is -0.367 e. The number of aromatic amines is 1. The molecule has 0 aliphatic heterocycles. The van der Waals surface area contributed by atoms with E-state index in [1.807, 2.05) is 6.07 Å². The highest BCUT2D eigenvalue weighted by molar-refractivity contribution is 5.95. The van der Waals surface area contributed by atoms with Crippen molar-refractivity contribution in [1.29, 1.82) is 0 Å². The number of hydrogen-bond donors (Lipinski definition) is 2. The summed E-state index contributed by atoms with van der Waals surface area (Å²) >= 11 is 0. The Morgan fingerprint density at radius 3 is 2.79 bits per heavy atom. The van der Waals surface area contributed by atoms with E-state index in [1.54, 1.807) is 19.3 Å². The molecule has 1 aromatic heterocycles. The number of hydrogen-bond acceptors (Lipinski definition) is 3. The van der Waals surface area contributed by atoms with Crippen LogP contribution in [0.2, 0.25) is 0 Å². The third kappa shape index (κ3) is 2.98. The topological polar surface area (TPSA) is 88.0 Å². The molecule has 1 heterocycles. The molecule has 2 N–H and O–H groups in total. The number of carbonyl (C=O) groups is 1. The lowest BCUT2D eigenvalue weighted by atomic mass is 10.1. The second-order valence-corrected chi connectivity index (χ2v) is 4.16. The van der Waals surface area contributed by atoms with E-state index in [1.165, 1.54) is 18.2 Å². The van der Waals surface area contributed by atoms with E-state index in [0.29, 0.717) is 17.7 Å². The van der Waals surface area contributed by atoms with E-state index in [-0.39, 0.29) is 11.6 Å². The Hall–Kier alpha value is -2.63. The van der Waals surface area contributed by atoms with E-state index in [9.17, 15) is 14.9 Å². The third-order valence-electron chi connectivity index (χ3n) is 2.78. The summed E-state index contributed by atoms with van der Waals surface area (Å²) in [5.74, 6) is -0.242. The van der Waals surface area contributed by atoms with Crippen LogP contribution in [0.4, 0.5) is 5.69 Å². The van der Waals surface area contributed by atoms with Crippen LogP contribution in [-0.4, -0.2) is 15.8 Å². The van der Waals surface area contributed by atoms with Gasteiger partial charge in [0.2, 0.25) is 0 Å². The van der Waals surface area contributed by atoms with Crippen LogP contribution in [0.1, 0.15) is 21.5 Å². The largest absolute Gasteiger partial charge is 0.367 e. The molecule has 0 aliphatic rings. The lowest BCUT2D eigenvalue weighted by Gasteiger charge is -2.06. The van der Waals surface area contributed by atoms with Crippen molar-refractivity contribution in [1.82, 2.24) is 10.3 Å². The molecule has 0 fully saturated rings. The normalized spacial score (nSPS) is 10.2. The second kappa shape index (κ2) is 5.34. The first-order chi connectivity index (χ1) is 9.08. The van der Waals surface area contributed by atoms with Gasteiger partial charge in [0, 0.05) is 36.6 Å². The van der Waals surface area contributed by atoms with Gasteiger partial charge in [0.1, 0.15) is 0 Å². The van der Waals surface area contributed by atoms with Crippen LogP contribution in [-0.2, 0) is 6.54 Å². The van der Waals surface area contributed by atoms with Crippen molar-refractivity contribution >= 4 is 11.6 Å². The Kier molecular flexibility index (Phi) is 3.61. The highest BCUT2D eigenvalue weighted by Gasteiger charge is 2.13. The Morgan fingerprint density at radius 1 is 1.42 bits per heavy atom. The van der Waals surface area contributed by atoms with E-state index in [2.05, 4.69) is 10.3 Å². The number of nitrogens with one attached hydrogen (secondary N) is 2. The van der Waals surface area contributed by atoms with Crippen molar-refractivity contribution in [3.8, 4) is 0 Å². The Labute approximate surface area is 109 Å². The number of benzene rings is 1. The quantitative estimate of drug-likeness (QED) is 0.651. The maximum absolute atomic E-state index is 12.0. The Bertz CT molecular complexity index is 606. The predicted molar refractivity (Wildman–Crippen MR) is 69.8 cm³/mol. The maximum Gasteiger partial charge on any atom is 0.269 e. The van der Waals surface area contributed by atoms with Crippen molar-refractivity contribution in [3.05, 3.63) is 63.5 Å². The van der Waals surface area contributed by atoms with Gasteiger partial charge in [0.25, 0.3) is 11.6 Å². The summed E-state index contributed by atoms with van der Waals surface area (Å²) in [6.45, 7) is 2.09. The summed E-state index contributed by atoms with van der Waals surface area (Å²) in [6, 6.07) is 6.06. The molecule has 6 heteroatoms. The lowest BCUT2D eigenvalue weighted by Crippen LogP contribution is -2.23. The molecule has 0 saturated heterocycles. The number of aromatic nitrogens is 1.